The van der Waals surface area contributed by atoms with E-state index in [-0.39, 0.29) is 4.90 Å². The first-order valence-electron chi connectivity index (χ1n) is 9.62. The maximum atomic E-state index is 12.5. The molecule has 1 fully saturated rings. The topological polar surface area (TPSA) is 134 Å². The second-order valence-electron chi connectivity index (χ2n) is 7.23. The number of hydrogen-bond donors (Lipinski definition) is 4. The average Bonchev–Trinajstić information content (AvgIpc) is 3.00. The molecule has 170 valence electrons. The van der Waals surface area contributed by atoms with E-state index in [0.717, 1.165) is 11.1 Å². The van der Waals surface area contributed by atoms with Gasteiger partial charge in [0, 0.05) is 5.56 Å². The lowest BCUT2D eigenvalue weighted by molar-refractivity contribution is -0.132. The molecule has 0 aliphatic carbocycles. The predicted octanol–water partition coefficient (Wildman–Crippen LogP) is 1.57. The molecule has 0 spiro atoms. The van der Waals surface area contributed by atoms with Crippen LogP contribution in [0.25, 0.3) is 5.76 Å². The van der Waals surface area contributed by atoms with Gasteiger partial charge in [-0.1, -0.05) is 48.5 Å². The zero-order valence-corrected chi connectivity index (χ0v) is 18.4. The molecule has 2 aromatic rings. The lowest BCUT2D eigenvalue weighted by atomic mass is 10.1. The van der Waals surface area contributed by atoms with Gasteiger partial charge in [-0.15, -0.1) is 0 Å². The lowest BCUT2D eigenvalue weighted by Gasteiger charge is -2.14. The van der Waals surface area contributed by atoms with Gasteiger partial charge in [0.2, 0.25) is 0 Å². The molecule has 31 heavy (non-hydrogen) atoms. The highest BCUT2D eigenvalue weighted by atomic mass is 32.2. The highest BCUT2D eigenvalue weighted by Gasteiger charge is 2.41. The van der Waals surface area contributed by atoms with E-state index in [1.165, 1.54) is 0 Å². The Morgan fingerprint density at radius 3 is 2.00 bits per heavy atom. The van der Waals surface area contributed by atoms with Crippen molar-refractivity contribution in [2.75, 3.05) is 6.61 Å². The molecule has 1 aliphatic rings. The smallest absolute Gasteiger partial charge is 0.339 e. The Hall–Kier alpha value is -2.27. The van der Waals surface area contributed by atoms with E-state index in [1.807, 2.05) is 44.2 Å². The van der Waals surface area contributed by atoms with Gasteiger partial charge in [0.15, 0.2) is 6.29 Å². The number of allylic oxidation sites excluding steroid dienone is 1. The van der Waals surface area contributed by atoms with E-state index >= 15 is 0 Å². The van der Waals surface area contributed by atoms with Crippen LogP contribution < -0.4 is 0 Å². The van der Waals surface area contributed by atoms with Crippen LogP contribution in [0.2, 0.25) is 0 Å². The number of benzene rings is 2. The summed E-state index contributed by atoms with van der Waals surface area (Å²) in [6, 6.07) is 16.0. The second kappa shape index (κ2) is 10.9. The highest BCUT2D eigenvalue weighted by molar-refractivity contribution is 7.87. The van der Waals surface area contributed by atoms with Gasteiger partial charge in [0.05, 0.1) is 6.61 Å². The maximum Gasteiger partial charge on any atom is 0.339 e. The van der Waals surface area contributed by atoms with Crippen LogP contribution in [0, 0.1) is 6.92 Å². The molecule has 0 bridgehead atoms. The third-order valence-electron chi connectivity index (χ3n) is 4.56. The minimum Gasteiger partial charge on any atom is -0.394 e. The third kappa shape index (κ3) is 6.36. The predicted molar refractivity (Wildman–Crippen MR) is 114 cm³/mol. The molecule has 1 heterocycles. The molecule has 0 aromatic heterocycles. The van der Waals surface area contributed by atoms with Gasteiger partial charge in [-0.3, -0.25) is 0 Å². The molecular formula is C22H28O8S. The average molecular weight is 453 g/mol. The van der Waals surface area contributed by atoms with Crippen LogP contribution in [-0.2, 0) is 19.0 Å². The Balaban J connectivity index is 0.000000285. The molecular weight excluding hydrogens is 424 g/mol. The SMILES string of the molecule is CC(C)=C(OS(=O)(=O)c1ccccc1C)c1ccccc1.OC[C@H]1OC(O)[C@H](O)[C@H]1O. The van der Waals surface area contributed by atoms with Crippen LogP contribution in [0.4, 0.5) is 0 Å². The molecule has 1 aliphatic heterocycles. The van der Waals surface area contributed by atoms with Crippen LogP contribution in [0.5, 0.6) is 0 Å². The van der Waals surface area contributed by atoms with E-state index in [0.29, 0.717) is 11.3 Å². The molecule has 3 rings (SSSR count). The van der Waals surface area contributed by atoms with Crippen molar-refractivity contribution in [3.8, 4) is 0 Å². The molecule has 4 atom stereocenters. The quantitative estimate of drug-likeness (QED) is 0.397. The van der Waals surface area contributed by atoms with Gasteiger partial charge in [0.1, 0.15) is 29.0 Å². The van der Waals surface area contributed by atoms with Crippen molar-refractivity contribution in [3.63, 3.8) is 0 Å². The fourth-order valence-electron chi connectivity index (χ4n) is 2.88. The number of aliphatic hydroxyl groups excluding tert-OH is 4. The lowest BCUT2D eigenvalue weighted by Crippen LogP contribution is -2.33. The molecule has 2 aromatic carbocycles. The van der Waals surface area contributed by atoms with Crippen molar-refractivity contribution >= 4 is 15.9 Å². The van der Waals surface area contributed by atoms with Gasteiger partial charge in [-0.2, -0.15) is 8.42 Å². The van der Waals surface area contributed by atoms with Crippen molar-refractivity contribution in [1.29, 1.82) is 0 Å². The molecule has 9 heteroatoms. The molecule has 0 saturated carbocycles. The van der Waals surface area contributed by atoms with Crippen molar-refractivity contribution in [1.82, 2.24) is 0 Å². The number of aryl methyl sites for hydroxylation is 1. The largest absolute Gasteiger partial charge is 0.394 e. The zero-order valence-electron chi connectivity index (χ0n) is 17.5. The Bertz CT molecular complexity index is 984. The number of ether oxygens (including phenoxy) is 1. The summed E-state index contributed by atoms with van der Waals surface area (Å²) in [5, 5.41) is 35.0. The number of rotatable bonds is 5. The summed E-state index contributed by atoms with van der Waals surface area (Å²) < 4.78 is 34.9. The molecule has 1 unspecified atom stereocenters. The van der Waals surface area contributed by atoms with Gasteiger partial charge in [0.25, 0.3) is 0 Å². The van der Waals surface area contributed by atoms with E-state index in [9.17, 15) is 8.42 Å². The summed E-state index contributed by atoms with van der Waals surface area (Å²) in [7, 11) is -3.84. The summed E-state index contributed by atoms with van der Waals surface area (Å²) in [4.78, 5) is 0.194. The minimum atomic E-state index is -3.84. The Morgan fingerprint density at radius 1 is 0.968 bits per heavy atom. The van der Waals surface area contributed by atoms with Crippen molar-refractivity contribution in [2.24, 2.45) is 0 Å². The fraction of sp³-hybridized carbons (Fsp3) is 0.364. The van der Waals surface area contributed by atoms with Crippen LogP contribution in [0.1, 0.15) is 25.0 Å². The first kappa shape index (κ1) is 25.0. The standard InChI is InChI=1S/C17H18O3S.C5H10O5/c1-13(2)17(15-10-5-4-6-11-15)20-21(18,19)16-12-8-7-9-14(16)3;6-1-2-3(7)4(8)5(9)10-2/h4-12H,1-3H3;2-9H,1H2/t;2-,3+,4-,5?/m.1/s1. The van der Waals surface area contributed by atoms with E-state index in [2.05, 4.69) is 4.74 Å². The minimum absolute atomic E-state index is 0.194. The van der Waals surface area contributed by atoms with Crippen molar-refractivity contribution in [3.05, 3.63) is 71.3 Å². The van der Waals surface area contributed by atoms with E-state index in [1.54, 1.807) is 31.2 Å². The Labute approximate surface area is 182 Å². The van der Waals surface area contributed by atoms with Gasteiger partial charge in [-0.05, 0) is 38.0 Å². The summed E-state index contributed by atoms with van der Waals surface area (Å²) in [6.45, 7) is 5.00. The van der Waals surface area contributed by atoms with Crippen LogP contribution >= 0.6 is 0 Å². The molecule has 0 radical (unpaired) electrons. The fourth-order valence-corrected chi connectivity index (χ4v) is 4.16. The number of hydrogen-bond acceptors (Lipinski definition) is 8. The van der Waals surface area contributed by atoms with Gasteiger partial charge < -0.3 is 29.3 Å². The maximum absolute atomic E-state index is 12.5. The van der Waals surface area contributed by atoms with Crippen molar-refractivity contribution in [2.45, 2.75) is 50.3 Å². The first-order valence-corrected chi connectivity index (χ1v) is 11.0. The Morgan fingerprint density at radius 2 is 1.55 bits per heavy atom. The summed E-state index contributed by atoms with van der Waals surface area (Å²) >= 11 is 0. The normalized spacial score (nSPS) is 22.9. The van der Waals surface area contributed by atoms with E-state index < -0.39 is 41.3 Å². The first-order chi connectivity index (χ1) is 14.6. The Kier molecular flexibility index (Phi) is 8.75. The van der Waals surface area contributed by atoms with Gasteiger partial charge in [-0.25, -0.2) is 0 Å². The third-order valence-corrected chi connectivity index (χ3v) is 5.95. The number of aliphatic hydroxyl groups is 4. The molecule has 8 nitrogen and oxygen atoms in total. The zero-order chi connectivity index (χ0) is 23.2. The van der Waals surface area contributed by atoms with Crippen LogP contribution in [0.3, 0.4) is 0 Å². The van der Waals surface area contributed by atoms with Crippen LogP contribution in [0.15, 0.2) is 65.1 Å². The van der Waals surface area contributed by atoms with E-state index in [4.69, 9.17) is 24.6 Å². The van der Waals surface area contributed by atoms with Gasteiger partial charge >= 0.3 is 10.1 Å². The molecule has 4 N–H and O–H groups in total. The summed E-state index contributed by atoms with van der Waals surface area (Å²) in [5.74, 6) is 0.374. The van der Waals surface area contributed by atoms with Crippen LogP contribution in [-0.4, -0.2) is 60.1 Å². The second-order valence-corrected chi connectivity index (χ2v) is 8.74. The monoisotopic (exact) mass is 452 g/mol. The highest BCUT2D eigenvalue weighted by Crippen LogP contribution is 2.27. The molecule has 0 amide bonds. The molecule has 1 saturated heterocycles. The summed E-state index contributed by atoms with van der Waals surface area (Å²) in [6.07, 6.45) is -4.76. The van der Waals surface area contributed by atoms with Crippen molar-refractivity contribution < 1.29 is 37.8 Å². The summed E-state index contributed by atoms with van der Waals surface area (Å²) in [5.41, 5.74) is 2.21.